The first-order valence-corrected chi connectivity index (χ1v) is 8.48. The Kier molecular flexibility index (Phi) is 4.00. The minimum Gasteiger partial charge on any atom is -0.200 e. The van der Waals surface area contributed by atoms with Gasteiger partial charge in [-0.1, -0.05) is 29.8 Å². The molecule has 0 fully saturated rings. The lowest BCUT2D eigenvalue weighted by Gasteiger charge is -2.07. The van der Waals surface area contributed by atoms with Gasteiger partial charge in [-0.3, -0.25) is 0 Å². The Morgan fingerprint density at radius 3 is 2.04 bits per heavy atom. The number of benzene rings is 1. The molecule has 3 rings (SSSR count). The zero-order chi connectivity index (χ0) is 16.3. The molecule has 5 heteroatoms. The van der Waals surface area contributed by atoms with Gasteiger partial charge in [0.15, 0.2) is 0 Å². The number of sulfonamides is 1. The Morgan fingerprint density at radius 1 is 1.00 bits per heavy atom. The molecule has 1 N–H and O–H groups in total. The van der Waals surface area contributed by atoms with Gasteiger partial charge >= 0.3 is 0 Å². The lowest BCUT2D eigenvalue weighted by molar-refractivity contribution is 0.584. The molecule has 0 amide bonds. The maximum absolute atomic E-state index is 12.3. The van der Waals surface area contributed by atoms with Crippen LogP contribution in [0.2, 0.25) is 0 Å². The SMILES string of the molecule is Cc1ccc(S(=O)(=O)NN=C(C2=C=CC=C2)C2=C=CC=C2)cc1. The number of aryl methyl sites for hydroxylation is 1. The van der Waals surface area contributed by atoms with Crippen molar-refractivity contribution >= 4 is 15.7 Å². The molecule has 23 heavy (non-hydrogen) atoms. The third-order valence-electron chi connectivity index (χ3n) is 3.32. The van der Waals surface area contributed by atoms with Gasteiger partial charge in [-0.15, -0.1) is 11.5 Å². The molecule has 114 valence electrons. The molecule has 0 saturated heterocycles. The Bertz CT molecular complexity index is 922. The van der Waals surface area contributed by atoms with E-state index < -0.39 is 10.0 Å². The summed E-state index contributed by atoms with van der Waals surface area (Å²) in [5.74, 6) is 0. The highest BCUT2D eigenvalue weighted by molar-refractivity contribution is 7.89. The quantitative estimate of drug-likeness (QED) is 0.515. The summed E-state index contributed by atoms with van der Waals surface area (Å²) in [6.07, 6.45) is 10.8. The van der Waals surface area contributed by atoms with Crippen molar-refractivity contribution in [2.75, 3.05) is 0 Å². The standard InChI is InChI=1S/C18H14N2O2S/c1-14-10-12-17(13-11-14)23(21,22)20-19-18(15-6-2-3-7-15)16-8-4-5-9-16/h2-6,8,10-13,20H,1H3. The van der Waals surface area contributed by atoms with Gasteiger partial charge in [-0.05, 0) is 43.4 Å². The van der Waals surface area contributed by atoms with Gasteiger partial charge in [0, 0.05) is 11.1 Å². The summed E-state index contributed by atoms with van der Waals surface area (Å²) in [6, 6.07) is 6.59. The summed E-state index contributed by atoms with van der Waals surface area (Å²) in [6.45, 7) is 1.90. The van der Waals surface area contributed by atoms with Gasteiger partial charge in [0.05, 0.1) is 4.90 Å². The maximum Gasteiger partial charge on any atom is 0.276 e. The number of hydrogen-bond donors (Lipinski definition) is 1. The minimum atomic E-state index is -3.72. The Balaban J connectivity index is 1.93. The van der Waals surface area contributed by atoms with Gasteiger partial charge in [0.1, 0.15) is 5.71 Å². The monoisotopic (exact) mass is 322 g/mol. The van der Waals surface area contributed by atoms with Crippen LogP contribution in [0.3, 0.4) is 0 Å². The largest absolute Gasteiger partial charge is 0.276 e. The number of hydrogen-bond acceptors (Lipinski definition) is 3. The average molecular weight is 322 g/mol. The maximum atomic E-state index is 12.3. The fraction of sp³-hybridized carbons (Fsp3) is 0.0556. The molecule has 0 spiro atoms. The molecule has 0 atom stereocenters. The summed E-state index contributed by atoms with van der Waals surface area (Å²) >= 11 is 0. The zero-order valence-corrected chi connectivity index (χ0v) is 13.3. The normalized spacial score (nSPS) is 14.8. The molecule has 0 heterocycles. The summed E-state index contributed by atoms with van der Waals surface area (Å²) in [5.41, 5.74) is 8.94. The molecule has 1 aromatic carbocycles. The zero-order valence-electron chi connectivity index (χ0n) is 12.4. The van der Waals surface area contributed by atoms with Crippen LogP contribution < -0.4 is 4.83 Å². The van der Waals surface area contributed by atoms with Crippen molar-refractivity contribution in [3.05, 3.63) is 88.9 Å². The number of allylic oxidation sites excluding steroid dienone is 6. The second kappa shape index (κ2) is 6.11. The first-order chi connectivity index (χ1) is 11.1. The third-order valence-corrected chi connectivity index (χ3v) is 4.54. The van der Waals surface area contributed by atoms with E-state index in [4.69, 9.17) is 0 Å². The molecule has 4 nitrogen and oxygen atoms in total. The molecule has 2 aliphatic carbocycles. The van der Waals surface area contributed by atoms with Gasteiger partial charge in [-0.2, -0.15) is 18.4 Å². The van der Waals surface area contributed by atoms with Gasteiger partial charge in [-0.25, -0.2) is 0 Å². The van der Waals surface area contributed by atoms with E-state index >= 15 is 0 Å². The number of nitrogens with one attached hydrogen (secondary N) is 1. The van der Waals surface area contributed by atoms with Crippen molar-refractivity contribution in [3.8, 4) is 0 Å². The summed E-state index contributed by atoms with van der Waals surface area (Å²) in [7, 11) is -3.72. The van der Waals surface area contributed by atoms with Gasteiger partial charge in [0.2, 0.25) is 0 Å². The van der Waals surface area contributed by atoms with Crippen LogP contribution in [0.1, 0.15) is 5.56 Å². The fourth-order valence-corrected chi connectivity index (χ4v) is 2.91. The molecular formula is C18H14N2O2S. The minimum absolute atomic E-state index is 0.171. The van der Waals surface area contributed by atoms with Crippen LogP contribution in [-0.4, -0.2) is 14.1 Å². The van der Waals surface area contributed by atoms with Gasteiger partial charge < -0.3 is 0 Å². The molecule has 0 bridgehead atoms. The van der Waals surface area contributed by atoms with Crippen LogP contribution >= 0.6 is 0 Å². The predicted molar refractivity (Wildman–Crippen MR) is 90.4 cm³/mol. The average Bonchev–Trinajstić information content (AvgIpc) is 3.21. The van der Waals surface area contributed by atoms with Crippen LogP contribution in [0.5, 0.6) is 0 Å². The number of rotatable bonds is 5. The van der Waals surface area contributed by atoms with E-state index in [9.17, 15) is 8.42 Å². The molecule has 0 aliphatic heterocycles. The van der Waals surface area contributed by atoms with Crippen LogP contribution in [0.4, 0.5) is 0 Å². The van der Waals surface area contributed by atoms with E-state index in [1.165, 1.54) is 0 Å². The van der Waals surface area contributed by atoms with Crippen molar-refractivity contribution in [2.24, 2.45) is 5.10 Å². The first kappa shape index (κ1) is 15.1. The van der Waals surface area contributed by atoms with Crippen LogP contribution in [0.25, 0.3) is 0 Å². The summed E-state index contributed by atoms with van der Waals surface area (Å²) in [4.78, 5) is 2.46. The summed E-state index contributed by atoms with van der Waals surface area (Å²) in [5, 5.41) is 4.10. The van der Waals surface area contributed by atoms with E-state index in [1.807, 2.05) is 31.2 Å². The molecule has 0 saturated carbocycles. The predicted octanol–water partition coefficient (Wildman–Crippen LogP) is 2.93. The Hall–Kier alpha value is -2.84. The summed E-state index contributed by atoms with van der Waals surface area (Å²) < 4.78 is 24.7. The first-order valence-electron chi connectivity index (χ1n) is 7.00. The van der Waals surface area contributed by atoms with Crippen molar-refractivity contribution < 1.29 is 8.42 Å². The van der Waals surface area contributed by atoms with E-state index in [-0.39, 0.29) is 4.90 Å². The molecule has 0 unspecified atom stereocenters. The third kappa shape index (κ3) is 3.33. The molecule has 1 aromatic rings. The highest BCUT2D eigenvalue weighted by Crippen LogP contribution is 2.16. The number of hydrazone groups is 1. The van der Waals surface area contributed by atoms with E-state index in [2.05, 4.69) is 21.4 Å². The molecule has 0 aromatic heterocycles. The highest BCUT2D eigenvalue weighted by Gasteiger charge is 2.16. The molecule has 2 aliphatic rings. The molecular weight excluding hydrogens is 308 g/mol. The molecule has 0 radical (unpaired) electrons. The topological polar surface area (TPSA) is 58.5 Å². The van der Waals surface area contributed by atoms with Crippen LogP contribution in [0, 0.1) is 6.92 Å². The second-order valence-corrected chi connectivity index (χ2v) is 6.70. The van der Waals surface area contributed by atoms with Crippen molar-refractivity contribution in [3.63, 3.8) is 0 Å². The fourth-order valence-electron chi connectivity index (χ4n) is 2.10. The number of nitrogens with zero attached hydrogens (tertiary/aromatic N) is 1. The Morgan fingerprint density at radius 2 is 1.57 bits per heavy atom. The van der Waals surface area contributed by atoms with E-state index in [1.54, 1.807) is 36.4 Å². The lowest BCUT2D eigenvalue weighted by atomic mass is 10.1. The van der Waals surface area contributed by atoms with E-state index in [0.29, 0.717) is 16.9 Å². The smallest absolute Gasteiger partial charge is 0.200 e. The highest BCUT2D eigenvalue weighted by atomic mass is 32.2. The lowest BCUT2D eigenvalue weighted by Crippen LogP contribution is -2.21. The van der Waals surface area contributed by atoms with Crippen LogP contribution in [0.15, 0.2) is 93.3 Å². The van der Waals surface area contributed by atoms with Crippen molar-refractivity contribution in [1.29, 1.82) is 0 Å². The Labute approximate surface area is 135 Å². The van der Waals surface area contributed by atoms with Gasteiger partial charge in [0.25, 0.3) is 10.0 Å². The van der Waals surface area contributed by atoms with Crippen molar-refractivity contribution in [2.45, 2.75) is 11.8 Å². The van der Waals surface area contributed by atoms with Crippen molar-refractivity contribution in [1.82, 2.24) is 4.83 Å². The second-order valence-electron chi connectivity index (χ2n) is 5.04. The van der Waals surface area contributed by atoms with E-state index in [0.717, 1.165) is 5.56 Å². The van der Waals surface area contributed by atoms with Crippen LogP contribution in [-0.2, 0) is 10.0 Å².